The predicted octanol–water partition coefficient (Wildman–Crippen LogP) is 12.9. The van der Waals surface area contributed by atoms with Crippen LogP contribution in [0.2, 0.25) is 0 Å². The first-order chi connectivity index (χ1) is 37.7. The zero-order valence-corrected chi connectivity index (χ0v) is 45.7. The lowest BCUT2D eigenvalue weighted by Crippen LogP contribution is -2.58. The molecule has 3 N–H and O–H groups in total. The molecule has 0 aliphatic carbocycles. The highest BCUT2D eigenvalue weighted by Crippen LogP contribution is 2.36. The van der Waals surface area contributed by atoms with E-state index >= 15 is 4.79 Å². The Balaban J connectivity index is 0.00000387. The van der Waals surface area contributed by atoms with Crippen LogP contribution in [-0.4, -0.2) is 56.8 Å². The molecule has 2 heterocycles. The number of aliphatic hydroxyl groups is 1. The zero-order chi connectivity index (χ0) is 53.8. The van der Waals surface area contributed by atoms with Crippen molar-refractivity contribution in [3.63, 3.8) is 0 Å². The van der Waals surface area contributed by atoms with Crippen LogP contribution in [0.4, 0.5) is 0 Å². The van der Waals surface area contributed by atoms with Gasteiger partial charge in [0.2, 0.25) is 11.8 Å². The Labute approximate surface area is 459 Å². The third-order valence-electron chi connectivity index (χ3n) is 15.7. The number of hydrogen-bond acceptors (Lipinski definition) is 5. The molecule has 8 nitrogen and oxygen atoms in total. The second-order valence-corrected chi connectivity index (χ2v) is 21.1. The van der Waals surface area contributed by atoms with Gasteiger partial charge >= 0.3 is 0 Å². The molecule has 1 unspecified atom stereocenters. The molecule has 2 aliphatic rings. The van der Waals surface area contributed by atoms with Gasteiger partial charge in [-0.05, 0) is 153 Å². The molecular weight excluding hydrogens is 949 g/mol. The van der Waals surface area contributed by atoms with Gasteiger partial charge < -0.3 is 20.6 Å². The van der Waals surface area contributed by atoms with Crippen molar-refractivity contribution < 1.29 is 19.5 Å². The highest BCUT2D eigenvalue weighted by molar-refractivity contribution is 5.98. The summed E-state index contributed by atoms with van der Waals surface area (Å²) in [6.07, 6.45) is 11.6. The maximum atomic E-state index is 15.1. The Morgan fingerprint density at radius 1 is 0.481 bits per heavy atom. The van der Waals surface area contributed by atoms with Crippen LogP contribution < -0.4 is 10.6 Å². The summed E-state index contributed by atoms with van der Waals surface area (Å²) in [4.78, 5) is 48.5. The molecule has 0 saturated carbocycles. The molecule has 77 heavy (non-hydrogen) atoms. The number of fused-ring (bicyclic) bond motifs is 2. The Kier molecular flexibility index (Phi) is 20.6. The number of hydrogen-bond donors (Lipinski definition) is 3. The van der Waals surface area contributed by atoms with Gasteiger partial charge in [0.05, 0.1) is 6.04 Å². The fourth-order valence-electron chi connectivity index (χ4n) is 11.4. The van der Waals surface area contributed by atoms with Gasteiger partial charge in [-0.15, -0.1) is 0 Å². The molecule has 2 aliphatic heterocycles. The first-order valence-electron chi connectivity index (χ1n) is 28.5. The maximum absolute atomic E-state index is 15.1. The summed E-state index contributed by atoms with van der Waals surface area (Å²) in [7, 11) is 0. The van der Waals surface area contributed by atoms with Crippen molar-refractivity contribution in [3.05, 3.63) is 250 Å². The van der Waals surface area contributed by atoms with Gasteiger partial charge in [-0.3, -0.25) is 19.3 Å². The van der Waals surface area contributed by atoms with Gasteiger partial charge in [-0.1, -0.05) is 196 Å². The number of nitrogens with zero attached hydrogens (tertiary/aromatic N) is 2. The van der Waals surface area contributed by atoms with E-state index in [4.69, 9.17) is 0 Å². The lowest BCUT2D eigenvalue weighted by molar-refractivity contribution is -0.155. The summed E-state index contributed by atoms with van der Waals surface area (Å²) in [5.41, 5.74) is 8.57. The summed E-state index contributed by atoms with van der Waals surface area (Å²) >= 11 is 0. The number of amides is 3. The van der Waals surface area contributed by atoms with Crippen LogP contribution in [0.25, 0.3) is 0 Å². The van der Waals surface area contributed by atoms with Gasteiger partial charge in [0.15, 0.2) is 0 Å². The van der Waals surface area contributed by atoms with E-state index in [1.165, 1.54) is 22.3 Å². The summed E-state index contributed by atoms with van der Waals surface area (Å²) in [5.74, 6) is -0.537. The third-order valence-corrected chi connectivity index (χ3v) is 15.7. The Hall–Kier alpha value is -7.13. The Morgan fingerprint density at radius 2 is 0.844 bits per heavy atom. The lowest BCUT2D eigenvalue weighted by atomic mass is 9.88. The second-order valence-electron chi connectivity index (χ2n) is 21.1. The highest BCUT2D eigenvalue weighted by Gasteiger charge is 2.43. The molecule has 0 spiro atoms. The predicted molar refractivity (Wildman–Crippen MR) is 312 cm³/mol. The number of carbonyl (C=O) groups is 3. The molecule has 400 valence electrons. The molecule has 0 bridgehead atoms. The smallest absolute Gasteiger partial charge is 0.254 e. The van der Waals surface area contributed by atoms with Crippen LogP contribution in [0.5, 0.6) is 0 Å². The van der Waals surface area contributed by atoms with Crippen LogP contribution in [-0.2, 0) is 66.9 Å². The van der Waals surface area contributed by atoms with E-state index in [0.29, 0.717) is 30.5 Å². The van der Waals surface area contributed by atoms with Crippen LogP contribution >= 0.6 is 0 Å². The minimum absolute atomic E-state index is 0.0477. The fourth-order valence-corrected chi connectivity index (χ4v) is 11.4. The van der Waals surface area contributed by atoms with Crippen molar-refractivity contribution in [1.82, 2.24) is 20.4 Å². The topological polar surface area (TPSA) is 102 Å². The molecule has 9 rings (SSSR count). The average molecular weight is 1030 g/mol. The van der Waals surface area contributed by atoms with Crippen molar-refractivity contribution in [1.29, 1.82) is 0 Å². The van der Waals surface area contributed by atoms with E-state index < -0.39 is 17.8 Å². The van der Waals surface area contributed by atoms with Crippen LogP contribution in [0.15, 0.2) is 194 Å². The average Bonchev–Trinajstić information content (AvgIpc) is 3.48. The normalized spacial score (nSPS) is 15.8. The summed E-state index contributed by atoms with van der Waals surface area (Å²) in [6, 6.07) is 63.9. The minimum Gasteiger partial charge on any atom is -0.372 e. The van der Waals surface area contributed by atoms with Gasteiger partial charge in [0.1, 0.15) is 11.8 Å². The monoisotopic (exact) mass is 1030 g/mol. The van der Waals surface area contributed by atoms with Crippen LogP contribution in [0.1, 0.15) is 133 Å². The largest absolute Gasteiger partial charge is 0.372 e. The van der Waals surface area contributed by atoms with Crippen LogP contribution in [0.3, 0.4) is 0 Å². The molecule has 0 fully saturated rings. The summed E-state index contributed by atoms with van der Waals surface area (Å²) < 4.78 is 0. The molecule has 3 atom stereocenters. The van der Waals surface area contributed by atoms with Crippen molar-refractivity contribution >= 4 is 17.7 Å². The first-order valence-corrected chi connectivity index (χ1v) is 28.5. The maximum Gasteiger partial charge on any atom is 0.254 e. The quantitative estimate of drug-likeness (QED) is 0.0592. The van der Waals surface area contributed by atoms with Gasteiger partial charge in [-0.25, -0.2) is 0 Å². The summed E-state index contributed by atoms with van der Waals surface area (Å²) in [6.45, 7) is 6.36. The van der Waals surface area contributed by atoms with E-state index in [1.807, 2.05) is 85.5 Å². The molecular formula is C69H80N4O4. The second kappa shape index (κ2) is 28.3. The molecule has 3 amide bonds. The molecule has 7 aromatic carbocycles. The number of carbonyl (C=O) groups excluding carboxylic acids is 3. The minimum atomic E-state index is -1.65. The van der Waals surface area contributed by atoms with Crippen molar-refractivity contribution in [3.8, 4) is 0 Å². The molecule has 8 heteroatoms. The number of benzene rings is 7. The molecule has 0 saturated heterocycles. The number of nitrogens with one attached hydrogen (secondary N) is 2. The van der Waals surface area contributed by atoms with Gasteiger partial charge in [0, 0.05) is 37.2 Å². The zero-order valence-electron chi connectivity index (χ0n) is 45.7. The molecule has 0 radical (unpaired) electrons. The van der Waals surface area contributed by atoms with E-state index in [9.17, 15) is 14.7 Å². The van der Waals surface area contributed by atoms with Crippen molar-refractivity contribution in [2.75, 3.05) is 0 Å². The SMILES string of the molecule is CC.CC(O)(c1cccc(C(=O)N2Cc3ccccc3C[C@H]2C(=O)NC(CCCc2ccccc2)CCCc2ccccc2)c1)N1Cc2ccccc2C[C@H]1C(=O)NC(CCCc1ccccc1)CCCc1ccccc1. The van der Waals surface area contributed by atoms with Gasteiger partial charge in [-0.2, -0.15) is 0 Å². The van der Waals surface area contributed by atoms with E-state index in [2.05, 4.69) is 126 Å². The Bertz CT molecular complexity index is 2840. The van der Waals surface area contributed by atoms with E-state index in [-0.39, 0.29) is 36.3 Å². The van der Waals surface area contributed by atoms with Crippen LogP contribution in [0, 0.1) is 0 Å². The standard InChI is InChI=1S/C67H74N4O4.C2H6/c1-67(75,71-49-58-38-17-15-36-55(58)47-63(71)65(73)69-61(43-20-33-52-27-10-4-11-28-52)44-21-34-53-29-12-5-13-30-53)59-40-22-39-56(45-59)66(74)70-48-57-37-16-14-35-54(57)46-62(70)64(72)68-60(41-18-31-50-23-6-2-7-24-50)42-19-32-51-25-8-3-9-26-51;1-2/h2-17,22-30,35-40,45,60-63,75H,18-21,31-34,41-44,46-49H2,1H3,(H,68,72)(H,69,73);1-2H3/t62-,63-,67?;/m0./s1. The highest BCUT2D eigenvalue weighted by atomic mass is 16.3. The third kappa shape index (κ3) is 15.5. The van der Waals surface area contributed by atoms with E-state index in [0.717, 1.165) is 99.3 Å². The first kappa shape index (κ1) is 56.1. The number of aryl methyl sites for hydroxylation is 4. The Morgan fingerprint density at radius 3 is 1.27 bits per heavy atom. The summed E-state index contributed by atoms with van der Waals surface area (Å²) in [5, 5.41) is 19.9. The van der Waals surface area contributed by atoms with Crippen molar-refractivity contribution in [2.45, 2.75) is 154 Å². The fraction of sp³-hybridized carbons (Fsp3) is 0.348. The van der Waals surface area contributed by atoms with Crippen molar-refractivity contribution in [2.24, 2.45) is 0 Å². The molecule has 0 aromatic heterocycles. The van der Waals surface area contributed by atoms with Gasteiger partial charge in [0.25, 0.3) is 5.91 Å². The number of rotatable bonds is 23. The van der Waals surface area contributed by atoms with E-state index in [1.54, 1.807) is 24.0 Å². The molecule has 7 aromatic rings. The lowest BCUT2D eigenvalue weighted by Gasteiger charge is -2.45.